The molecule has 0 saturated carbocycles. The van der Waals surface area contributed by atoms with Crippen molar-refractivity contribution in [1.82, 2.24) is 0 Å². The van der Waals surface area contributed by atoms with E-state index in [1.807, 2.05) is 42.5 Å². The minimum Gasteiger partial charge on any atom is -0.456 e. The molecular weight excluding hydrogens is 416 g/mol. The van der Waals surface area contributed by atoms with Crippen molar-refractivity contribution in [3.63, 3.8) is 0 Å². The molecule has 0 spiro atoms. The van der Waals surface area contributed by atoms with Crippen LogP contribution in [0.3, 0.4) is 0 Å². The predicted molar refractivity (Wildman–Crippen MR) is 139 cm³/mol. The molecule has 2 aliphatic carbocycles. The van der Waals surface area contributed by atoms with Crippen LogP contribution >= 0.6 is 0 Å². The third kappa shape index (κ3) is 2.55. The molecule has 34 heavy (non-hydrogen) atoms. The predicted octanol–water partition coefficient (Wildman–Crippen LogP) is 7.83. The normalized spacial score (nSPS) is 21.0. The van der Waals surface area contributed by atoms with Crippen molar-refractivity contribution in [2.45, 2.75) is 18.9 Å². The second-order valence-corrected chi connectivity index (χ2v) is 9.50. The molecule has 1 aromatic heterocycles. The summed E-state index contributed by atoms with van der Waals surface area (Å²) in [6.07, 6.45) is 7.74. The van der Waals surface area contributed by atoms with E-state index in [0.29, 0.717) is 5.92 Å². The van der Waals surface area contributed by atoms with Crippen LogP contribution in [0.4, 0.5) is 0 Å². The highest BCUT2D eigenvalue weighted by molar-refractivity contribution is 6.09. The summed E-state index contributed by atoms with van der Waals surface area (Å²) in [5.41, 5.74) is 7.20. The standard InChI is InChI=1S/C32H24O2/c1-20-14-16-21(17-15-20)22-8-2-5-11-27(22)32(33)28-12-6-3-9-23(28)25-18-19-26-24-10-4-7-13-29(24)34-31(26)30(25)32/h2-14,16-20,33H,15H2,1H3. The third-order valence-corrected chi connectivity index (χ3v) is 7.46. The molecule has 0 aliphatic heterocycles. The molecule has 2 nitrogen and oxygen atoms in total. The van der Waals surface area contributed by atoms with Crippen molar-refractivity contribution in [3.8, 4) is 11.1 Å². The molecule has 1 heterocycles. The molecule has 0 saturated heterocycles. The van der Waals surface area contributed by atoms with E-state index in [1.54, 1.807) is 0 Å². The highest BCUT2D eigenvalue weighted by Crippen LogP contribution is 2.55. The van der Waals surface area contributed by atoms with E-state index in [0.717, 1.165) is 67.3 Å². The highest BCUT2D eigenvalue weighted by atomic mass is 16.3. The number of furan rings is 1. The molecule has 2 unspecified atom stereocenters. The third-order valence-electron chi connectivity index (χ3n) is 7.46. The monoisotopic (exact) mass is 440 g/mol. The maximum atomic E-state index is 12.8. The van der Waals surface area contributed by atoms with E-state index < -0.39 is 5.60 Å². The maximum absolute atomic E-state index is 12.8. The number of para-hydroxylation sites is 1. The van der Waals surface area contributed by atoms with Crippen LogP contribution in [0, 0.1) is 5.92 Å². The number of hydrogen-bond acceptors (Lipinski definition) is 2. The molecule has 2 heteroatoms. The summed E-state index contributed by atoms with van der Waals surface area (Å²) in [5.74, 6) is 0.530. The Morgan fingerprint density at radius 3 is 2.26 bits per heavy atom. The molecule has 0 amide bonds. The molecule has 2 atom stereocenters. The quantitative estimate of drug-likeness (QED) is 0.303. The van der Waals surface area contributed by atoms with Gasteiger partial charge in [0.05, 0.1) is 0 Å². The van der Waals surface area contributed by atoms with E-state index in [9.17, 15) is 5.11 Å². The zero-order valence-electron chi connectivity index (χ0n) is 19.0. The second kappa shape index (κ2) is 7.06. The van der Waals surface area contributed by atoms with Gasteiger partial charge >= 0.3 is 0 Å². The number of hydrogen-bond donors (Lipinski definition) is 1. The van der Waals surface area contributed by atoms with E-state index in [2.05, 4.69) is 67.6 Å². The van der Waals surface area contributed by atoms with Crippen LogP contribution in [0.15, 0.2) is 108 Å². The summed E-state index contributed by atoms with van der Waals surface area (Å²) in [4.78, 5) is 0. The number of aliphatic hydroxyl groups is 1. The SMILES string of the molecule is CC1C=CC(c2ccccc2C2(O)c3ccccc3-c3ccc4c(oc5ccccc54)c32)=CC1. The van der Waals surface area contributed by atoms with Gasteiger partial charge in [-0.15, -0.1) is 0 Å². The summed E-state index contributed by atoms with van der Waals surface area (Å²) < 4.78 is 6.45. The fraction of sp³-hybridized carbons (Fsp3) is 0.125. The van der Waals surface area contributed by atoms with Crippen molar-refractivity contribution in [2.24, 2.45) is 5.92 Å². The van der Waals surface area contributed by atoms with Gasteiger partial charge in [0.25, 0.3) is 0 Å². The van der Waals surface area contributed by atoms with E-state index in [-0.39, 0.29) is 0 Å². The molecule has 0 bridgehead atoms. The van der Waals surface area contributed by atoms with Crippen LogP contribution < -0.4 is 0 Å². The summed E-state index contributed by atoms with van der Waals surface area (Å²) in [5, 5.41) is 14.9. The zero-order chi connectivity index (χ0) is 22.9. The fourth-order valence-electron chi connectivity index (χ4n) is 5.80. The molecule has 0 radical (unpaired) electrons. The maximum Gasteiger partial charge on any atom is 0.145 e. The Bertz CT molecular complexity index is 1670. The molecule has 0 fully saturated rings. The van der Waals surface area contributed by atoms with Crippen LogP contribution in [0.2, 0.25) is 0 Å². The average Bonchev–Trinajstić information content (AvgIpc) is 3.39. The van der Waals surface area contributed by atoms with Crippen LogP contribution in [0.1, 0.15) is 35.6 Å². The van der Waals surface area contributed by atoms with Crippen molar-refractivity contribution in [1.29, 1.82) is 0 Å². The largest absolute Gasteiger partial charge is 0.456 e. The van der Waals surface area contributed by atoms with Crippen molar-refractivity contribution in [2.75, 3.05) is 0 Å². The Balaban J connectivity index is 1.59. The van der Waals surface area contributed by atoms with Crippen LogP contribution in [0.5, 0.6) is 0 Å². The van der Waals surface area contributed by atoms with E-state index in [1.165, 1.54) is 0 Å². The first-order valence-electron chi connectivity index (χ1n) is 11.9. The Labute approximate surface area is 198 Å². The van der Waals surface area contributed by atoms with Gasteiger partial charge in [0, 0.05) is 27.5 Å². The molecule has 2 aliphatic rings. The number of fused-ring (bicyclic) bond motifs is 7. The first-order chi connectivity index (χ1) is 16.7. The lowest BCUT2D eigenvalue weighted by Crippen LogP contribution is -2.28. The zero-order valence-corrected chi connectivity index (χ0v) is 19.0. The van der Waals surface area contributed by atoms with Gasteiger partial charge in [0.1, 0.15) is 16.8 Å². The Kier molecular flexibility index (Phi) is 4.06. The molecular formula is C32H24O2. The van der Waals surface area contributed by atoms with Gasteiger partial charge in [-0.05, 0) is 46.7 Å². The van der Waals surface area contributed by atoms with Gasteiger partial charge in [-0.1, -0.05) is 97.9 Å². The summed E-state index contributed by atoms with van der Waals surface area (Å²) in [7, 11) is 0. The van der Waals surface area contributed by atoms with Gasteiger partial charge in [-0.3, -0.25) is 0 Å². The van der Waals surface area contributed by atoms with Crippen LogP contribution in [-0.4, -0.2) is 5.11 Å². The van der Waals surface area contributed by atoms with Gasteiger partial charge in [-0.25, -0.2) is 0 Å². The van der Waals surface area contributed by atoms with Crippen molar-refractivity contribution < 1.29 is 9.52 Å². The highest BCUT2D eigenvalue weighted by Gasteiger charge is 2.46. The van der Waals surface area contributed by atoms with Gasteiger partial charge < -0.3 is 9.52 Å². The number of benzene rings is 4. The summed E-state index contributed by atoms with van der Waals surface area (Å²) >= 11 is 0. The van der Waals surface area contributed by atoms with Crippen molar-refractivity contribution in [3.05, 3.63) is 125 Å². The van der Waals surface area contributed by atoms with Gasteiger partial charge in [-0.2, -0.15) is 0 Å². The Morgan fingerprint density at radius 1 is 0.765 bits per heavy atom. The van der Waals surface area contributed by atoms with E-state index >= 15 is 0 Å². The first-order valence-corrected chi connectivity index (χ1v) is 11.9. The van der Waals surface area contributed by atoms with Gasteiger partial charge in [0.2, 0.25) is 0 Å². The lowest BCUT2D eigenvalue weighted by molar-refractivity contribution is 0.131. The Morgan fingerprint density at radius 2 is 1.47 bits per heavy atom. The smallest absolute Gasteiger partial charge is 0.145 e. The Hall–Kier alpha value is -3.88. The van der Waals surface area contributed by atoms with Gasteiger partial charge in [0.15, 0.2) is 0 Å². The fourth-order valence-corrected chi connectivity index (χ4v) is 5.80. The topological polar surface area (TPSA) is 33.4 Å². The lowest BCUT2D eigenvalue weighted by atomic mass is 9.79. The number of rotatable bonds is 2. The molecule has 1 N–H and O–H groups in total. The molecule has 5 aromatic rings. The number of allylic oxidation sites excluding steroid dienone is 4. The van der Waals surface area contributed by atoms with Crippen molar-refractivity contribution >= 4 is 27.5 Å². The summed E-state index contributed by atoms with van der Waals surface area (Å²) in [6.45, 7) is 2.23. The minimum absolute atomic E-state index is 0.530. The molecule has 7 rings (SSSR count). The lowest BCUT2D eigenvalue weighted by Gasteiger charge is -2.29. The summed E-state index contributed by atoms with van der Waals surface area (Å²) in [6, 6.07) is 28.8. The molecule has 4 aromatic carbocycles. The van der Waals surface area contributed by atoms with E-state index in [4.69, 9.17) is 4.42 Å². The van der Waals surface area contributed by atoms with Crippen LogP contribution in [0.25, 0.3) is 38.6 Å². The molecule has 164 valence electrons. The average molecular weight is 441 g/mol. The second-order valence-electron chi connectivity index (χ2n) is 9.50. The minimum atomic E-state index is -1.33. The first kappa shape index (κ1) is 19.6. The van der Waals surface area contributed by atoms with Crippen LogP contribution in [-0.2, 0) is 5.60 Å².